The summed E-state index contributed by atoms with van der Waals surface area (Å²) in [6.07, 6.45) is 1.35. The summed E-state index contributed by atoms with van der Waals surface area (Å²) < 4.78 is 13.8. The third kappa shape index (κ3) is 5.40. The molecule has 0 aliphatic carbocycles. The van der Waals surface area contributed by atoms with Crippen molar-refractivity contribution in [2.75, 3.05) is 24.7 Å². The van der Waals surface area contributed by atoms with Gasteiger partial charge in [0.2, 0.25) is 0 Å². The van der Waals surface area contributed by atoms with Gasteiger partial charge >= 0.3 is 0 Å². The average Bonchev–Trinajstić information content (AvgIpc) is 2.75. The normalized spacial score (nSPS) is 10.4. The van der Waals surface area contributed by atoms with Gasteiger partial charge in [-0.05, 0) is 42.5 Å². The maximum atomic E-state index is 13.8. The van der Waals surface area contributed by atoms with E-state index >= 15 is 0 Å². The van der Waals surface area contributed by atoms with Crippen LogP contribution in [-0.2, 0) is 0 Å². The summed E-state index contributed by atoms with van der Waals surface area (Å²) in [5, 5.41) is 13.6. The second-order valence-corrected chi connectivity index (χ2v) is 7.74. The first-order valence-corrected chi connectivity index (χ1v) is 10.0. The van der Waals surface area contributed by atoms with Gasteiger partial charge in [0.1, 0.15) is 17.5 Å². The lowest BCUT2D eigenvalue weighted by molar-refractivity contribution is 0.102. The number of pyridine rings is 1. The molecular weight excluding hydrogens is 456 g/mol. The van der Waals surface area contributed by atoms with Gasteiger partial charge in [-0.15, -0.1) is 0 Å². The molecule has 0 aliphatic rings. The van der Waals surface area contributed by atoms with Crippen molar-refractivity contribution in [3.05, 3.63) is 87.3 Å². The van der Waals surface area contributed by atoms with Gasteiger partial charge in [-0.3, -0.25) is 15.0 Å². The summed E-state index contributed by atoms with van der Waals surface area (Å²) in [7, 11) is 3.44. The van der Waals surface area contributed by atoms with E-state index in [1.54, 1.807) is 31.1 Å². The highest BCUT2D eigenvalue weighted by Crippen LogP contribution is 2.23. The molecular formula is C22H18Cl2FN5O2. The topological polar surface area (TPSA) is 98.2 Å². The smallest absolute Gasteiger partial charge is 0.259 e. The molecule has 0 spiro atoms. The summed E-state index contributed by atoms with van der Waals surface area (Å²) in [5.74, 6) is -1.48. The highest BCUT2D eigenvalue weighted by atomic mass is 35.5. The zero-order valence-corrected chi connectivity index (χ0v) is 18.6. The van der Waals surface area contributed by atoms with Gasteiger partial charge in [0.25, 0.3) is 11.8 Å². The Balaban J connectivity index is 1.84. The molecule has 1 aromatic heterocycles. The molecule has 3 aromatic rings. The number of anilines is 2. The molecule has 164 valence electrons. The van der Waals surface area contributed by atoms with E-state index in [-0.39, 0.29) is 33.5 Å². The van der Waals surface area contributed by atoms with E-state index in [4.69, 9.17) is 28.6 Å². The number of amidine groups is 1. The second-order valence-electron chi connectivity index (χ2n) is 6.90. The van der Waals surface area contributed by atoms with Crippen LogP contribution in [0.4, 0.5) is 15.9 Å². The van der Waals surface area contributed by atoms with Gasteiger partial charge in [-0.25, -0.2) is 9.37 Å². The molecule has 0 bridgehead atoms. The zero-order chi connectivity index (χ0) is 23.4. The van der Waals surface area contributed by atoms with Crippen molar-refractivity contribution in [1.29, 1.82) is 5.41 Å². The first-order valence-electron chi connectivity index (χ1n) is 9.25. The van der Waals surface area contributed by atoms with Crippen LogP contribution in [-0.4, -0.2) is 41.6 Å². The van der Waals surface area contributed by atoms with Crippen LogP contribution in [0.5, 0.6) is 0 Å². The maximum Gasteiger partial charge on any atom is 0.259 e. The number of hydrogen-bond donors (Lipinski definition) is 3. The Bertz CT molecular complexity index is 1200. The van der Waals surface area contributed by atoms with Gasteiger partial charge in [-0.2, -0.15) is 0 Å². The number of amides is 2. The molecule has 1 heterocycles. The highest BCUT2D eigenvalue weighted by Gasteiger charge is 2.18. The molecule has 2 amide bonds. The molecule has 0 saturated carbocycles. The van der Waals surface area contributed by atoms with Crippen LogP contribution in [0.2, 0.25) is 10.0 Å². The van der Waals surface area contributed by atoms with Crippen LogP contribution >= 0.6 is 23.2 Å². The Morgan fingerprint density at radius 1 is 0.969 bits per heavy atom. The van der Waals surface area contributed by atoms with Crippen LogP contribution in [0, 0.1) is 11.2 Å². The SMILES string of the molecule is CN(C)C(=N)c1ccc(C(=O)Nc2ccc(F)cc2C(=O)Nc2ccc(Cl)cn2)c(Cl)c1. The molecule has 0 atom stereocenters. The van der Waals surface area contributed by atoms with Crippen molar-refractivity contribution in [2.24, 2.45) is 0 Å². The Labute approximate surface area is 193 Å². The standard InChI is InChI=1S/C22H18Cl2FN5O2/c1-30(2)20(26)12-3-6-15(17(24)9-12)21(31)28-18-7-5-14(25)10-16(18)22(32)29-19-8-4-13(23)11-27-19/h3-11,26H,1-2H3,(H,28,31)(H,27,29,32). The molecule has 7 nitrogen and oxygen atoms in total. The van der Waals surface area contributed by atoms with Gasteiger partial charge in [0.05, 0.1) is 26.9 Å². The van der Waals surface area contributed by atoms with E-state index < -0.39 is 17.6 Å². The van der Waals surface area contributed by atoms with Crippen molar-refractivity contribution in [3.8, 4) is 0 Å². The van der Waals surface area contributed by atoms with Gasteiger partial charge in [-0.1, -0.05) is 29.3 Å². The number of nitrogens with one attached hydrogen (secondary N) is 3. The fourth-order valence-corrected chi connectivity index (χ4v) is 3.12. The van der Waals surface area contributed by atoms with Crippen molar-refractivity contribution in [2.45, 2.75) is 0 Å². The number of carbonyl (C=O) groups is 2. The minimum atomic E-state index is -0.671. The monoisotopic (exact) mass is 473 g/mol. The molecule has 3 N–H and O–H groups in total. The van der Waals surface area contributed by atoms with E-state index in [2.05, 4.69) is 15.6 Å². The molecule has 2 aromatic carbocycles. The minimum Gasteiger partial charge on any atom is -0.363 e. The quantitative estimate of drug-likeness (QED) is 0.361. The number of benzene rings is 2. The lowest BCUT2D eigenvalue weighted by Gasteiger charge is -2.15. The number of hydrogen-bond acceptors (Lipinski definition) is 4. The van der Waals surface area contributed by atoms with Crippen molar-refractivity contribution in [3.63, 3.8) is 0 Å². The Morgan fingerprint density at radius 2 is 1.69 bits per heavy atom. The van der Waals surface area contributed by atoms with Gasteiger partial charge in [0, 0.05) is 25.9 Å². The molecule has 32 heavy (non-hydrogen) atoms. The molecule has 0 radical (unpaired) electrons. The molecule has 3 rings (SSSR count). The van der Waals surface area contributed by atoms with Crippen LogP contribution in [0.3, 0.4) is 0 Å². The summed E-state index contributed by atoms with van der Waals surface area (Å²) in [6, 6.07) is 11.0. The number of carbonyl (C=O) groups excluding carboxylic acids is 2. The largest absolute Gasteiger partial charge is 0.363 e. The second kappa shape index (κ2) is 9.76. The number of rotatable bonds is 5. The van der Waals surface area contributed by atoms with Crippen LogP contribution in [0.1, 0.15) is 26.3 Å². The molecule has 0 unspecified atom stereocenters. The highest BCUT2D eigenvalue weighted by molar-refractivity contribution is 6.35. The molecule has 10 heteroatoms. The number of halogens is 3. The van der Waals surface area contributed by atoms with E-state index in [9.17, 15) is 14.0 Å². The average molecular weight is 474 g/mol. The number of aromatic nitrogens is 1. The summed E-state index contributed by atoms with van der Waals surface area (Å²) in [6.45, 7) is 0. The molecule has 0 fully saturated rings. The first kappa shape index (κ1) is 23.2. The van der Waals surface area contributed by atoms with Crippen molar-refractivity contribution < 1.29 is 14.0 Å². The van der Waals surface area contributed by atoms with Crippen LogP contribution < -0.4 is 10.6 Å². The van der Waals surface area contributed by atoms with Crippen molar-refractivity contribution in [1.82, 2.24) is 9.88 Å². The Kier molecular flexibility index (Phi) is 7.07. The molecule has 0 saturated heterocycles. The summed E-state index contributed by atoms with van der Waals surface area (Å²) in [4.78, 5) is 31.0. The van der Waals surface area contributed by atoms with Gasteiger partial charge in [0.15, 0.2) is 0 Å². The third-order valence-corrected chi connectivity index (χ3v) is 4.91. The van der Waals surface area contributed by atoms with Gasteiger partial charge < -0.3 is 15.5 Å². The molecule has 0 aliphatic heterocycles. The Hall–Kier alpha value is -3.49. The lowest BCUT2D eigenvalue weighted by Crippen LogP contribution is -2.22. The predicted octanol–water partition coefficient (Wildman–Crippen LogP) is 4.92. The summed E-state index contributed by atoms with van der Waals surface area (Å²) >= 11 is 12.0. The van der Waals surface area contributed by atoms with Crippen LogP contribution in [0.15, 0.2) is 54.7 Å². The summed E-state index contributed by atoms with van der Waals surface area (Å²) in [5.41, 5.74) is 0.659. The third-order valence-electron chi connectivity index (χ3n) is 4.38. The number of nitrogens with zero attached hydrogens (tertiary/aromatic N) is 2. The lowest BCUT2D eigenvalue weighted by atomic mass is 10.1. The van der Waals surface area contributed by atoms with E-state index in [0.29, 0.717) is 10.6 Å². The van der Waals surface area contributed by atoms with Crippen LogP contribution in [0.25, 0.3) is 0 Å². The maximum absolute atomic E-state index is 13.8. The Morgan fingerprint density at radius 3 is 2.31 bits per heavy atom. The minimum absolute atomic E-state index is 0.0871. The first-order chi connectivity index (χ1) is 15.2. The zero-order valence-electron chi connectivity index (χ0n) is 17.0. The van der Waals surface area contributed by atoms with Crippen molar-refractivity contribution >= 4 is 52.4 Å². The fourth-order valence-electron chi connectivity index (χ4n) is 2.74. The van der Waals surface area contributed by atoms with E-state index in [1.807, 2.05) is 0 Å². The fraction of sp³-hybridized carbons (Fsp3) is 0.0909. The van der Waals surface area contributed by atoms with E-state index in [0.717, 1.165) is 12.1 Å². The van der Waals surface area contributed by atoms with E-state index in [1.165, 1.54) is 30.5 Å². The predicted molar refractivity (Wildman–Crippen MR) is 124 cm³/mol.